The first kappa shape index (κ1) is 19.1. The fourth-order valence-corrected chi connectivity index (χ4v) is 6.76. The molecule has 9 atom stereocenters. The molecule has 2 heterocycles. The molecule has 2 aliphatic carbocycles. The van der Waals surface area contributed by atoms with Crippen LogP contribution in [0.15, 0.2) is 0 Å². The van der Waals surface area contributed by atoms with Crippen molar-refractivity contribution in [2.24, 2.45) is 23.7 Å². The smallest absolute Gasteiger partial charge is 0.0836 e. The van der Waals surface area contributed by atoms with Crippen molar-refractivity contribution in [3.05, 3.63) is 0 Å². The minimum absolute atomic E-state index is 0.259. The van der Waals surface area contributed by atoms with Crippen molar-refractivity contribution in [2.45, 2.75) is 69.0 Å². The molecule has 0 spiro atoms. The average Bonchev–Trinajstić information content (AvgIpc) is 2.69. The average molecular weight is 368 g/mol. The van der Waals surface area contributed by atoms with Crippen molar-refractivity contribution in [3.8, 4) is 0 Å². The van der Waals surface area contributed by atoms with Crippen LogP contribution < -0.4 is 0 Å². The Morgan fingerprint density at radius 2 is 1.15 bits per heavy atom. The molecule has 0 aromatic rings. The number of rotatable bonds is 4. The number of hydrogen-bond acceptors (Lipinski definition) is 5. The summed E-state index contributed by atoms with van der Waals surface area (Å²) in [6.07, 6.45) is 8.37. The summed E-state index contributed by atoms with van der Waals surface area (Å²) in [5.74, 6) is 3.13. The molecule has 4 rings (SSSR count). The lowest BCUT2D eigenvalue weighted by molar-refractivity contribution is -0.144. The Morgan fingerprint density at radius 1 is 0.615 bits per heavy atom. The van der Waals surface area contributed by atoms with E-state index in [1.165, 1.54) is 32.4 Å². The van der Waals surface area contributed by atoms with Gasteiger partial charge in [0.25, 0.3) is 0 Å². The van der Waals surface area contributed by atoms with E-state index >= 15 is 0 Å². The number of hydrogen-bond donors (Lipinski definition) is 0. The molecule has 2 aliphatic heterocycles. The Bertz CT molecular complexity index is 469. The summed E-state index contributed by atoms with van der Waals surface area (Å²) in [5.41, 5.74) is 0. The van der Waals surface area contributed by atoms with Crippen molar-refractivity contribution >= 4 is 0 Å². The van der Waals surface area contributed by atoms with Gasteiger partial charge in [0, 0.05) is 41.0 Å². The number of piperidine rings is 2. The Kier molecular flexibility index (Phi) is 5.92. The van der Waals surface area contributed by atoms with Gasteiger partial charge >= 0.3 is 0 Å². The summed E-state index contributed by atoms with van der Waals surface area (Å²) in [6.45, 7) is 2.51. The van der Waals surface area contributed by atoms with Gasteiger partial charge in [-0.25, -0.2) is 0 Å². The minimum Gasteiger partial charge on any atom is -0.379 e. The van der Waals surface area contributed by atoms with Crippen LogP contribution in [-0.4, -0.2) is 76.9 Å². The summed E-state index contributed by atoms with van der Waals surface area (Å²) in [7, 11) is 7.38. The van der Waals surface area contributed by atoms with Crippen LogP contribution in [0.1, 0.15) is 38.5 Å². The monoisotopic (exact) mass is 367 g/mol. The fraction of sp³-hybridized carbons (Fsp3) is 1.00. The predicted octanol–water partition coefficient (Wildman–Crippen LogP) is 2.58. The second-order valence-corrected chi connectivity index (χ2v) is 9.07. The van der Waals surface area contributed by atoms with Gasteiger partial charge in [-0.15, -0.1) is 0 Å². The molecular formula is C21H37NO4. The van der Waals surface area contributed by atoms with Crippen LogP contribution in [0.5, 0.6) is 0 Å². The number of methoxy groups -OCH3 is 4. The highest BCUT2D eigenvalue weighted by atomic mass is 16.5. The van der Waals surface area contributed by atoms with Crippen molar-refractivity contribution in [1.29, 1.82) is 0 Å². The van der Waals surface area contributed by atoms with Crippen LogP contribution >= 0.6 is 0 Å². The van der Waals surface area contributed by atoms with Gasteiger partial charge in [-0.1, -0.05) is 0 Å². The zero-order valence-electron chi connectivity index (χ0n) is 16.9. The molecule has 0 N–H and O–H groups in total. The van der Waals surface area contributed by atoms with Crippen LogP contribution in [0.2, 0.25) is 0 Å². The first-order valence-electron chi connectivity index (χ1n) is 10.5. The normalized spacial score (nSPS) is 49.2. The molecule has 0 radical (unpaired) electrons. The zero-order chi connectivity index (χ0) is 18.3. The van der Waals surface area contributed by atoms with E-state index in [2.05, 4.69) is 4.90 Å². The quantitative estimate of drug-likeness (QED) is 0.764. The second-order valence-electron chi connectivity index (χ2n) is 9.07. The highest BCUT2D eigenvalue weighted by Gasteiger charge is 2.50. The molecule has 4 aliphatic rings. The molecule has 9 unspecified atom stereocenters. The number of ether oxygens (including phenoxy) is 4. The maximum atomic E-state index is 5.81. The maximum absolute atomic E-state index is 5.81. The molecule has 26 heavy (non-hydrogen) atoms. The lowest BCUT2D eigenvalue weighted by atomic mass is 9.62. The van der Waals surface area contributed by atoms with Crippen LogP contribution in [0, 0.1) is 23.7 Å². The van der Waals surface area contributed by atoms with E-state index in [9.17, 15) is 0 Å². The van der Waals surface area contributed by atoms with Gasteiger partial charge in [0.05, 0.1) is 24.4 Å². The van der Waals surface area contributed by atoms with Gasteiger partial charge < -0.3 is 18.9 Å². The molecular weight excluding hydrogens is 330 g/mol. The van der Waals surface area contributed by atoms with Gasteiger partial charge in [-0.2, -0.15) is 0 Å². The highest BCUT2D eigenvalue weighted by molar-refractivity contribution is 5.02. The predicted molar refractivity (Wildman–Crippen MR) is 100 cm³/mol. The largest absolute Gasteiger partial charge is 0.379 e. The molecule has 2 saturated heterocycles. The molecule has 0 aromatic carbocycles. The number of nitrogens with zero attached hydrogens (tertiary/aromatic N) is 1. The molecule has 150 valence electrons. The van der Waals surface area contributed by atoms with E-state index in [0.717, 1.165) is 49.0 Å². The van der Waals surface area contributed by atoms with E-state index in [1.807, 2.05) is 28.4 Å². The summed E-state index contributed by atoms with van der Waals surface area (Å²) in [4.78, 5) is 2.81. The Balaban J connectivity index is 1.47. The van der Waals surface area contributed by atoms with Gasteiger partial charge in [-0.05, 0) is 68.7 Å². The standard InChI is InChI=1S/C21H37NO4/c1-23-18-8-13-5-6-22-12-15-10-20(25-3)19(24-2)9-14(15)7-17(22)16(13)11-21(18)26-4/h13-21H,5-12H2,1-4H3. The molecule has 5 nitrogen and oxygen atoms in total. The zero-order valence-corrected chi connectivity index (χ0v) is 16.9. The van der Waals surface area contributed by atoms with E-state index in [4.69, 9.17) is 18.9 Å². The Labute approximate surface area is 158 Å². The summed E-state index contributed by atoms with van der Waals surface area (Å²) in [5, 5.41) is 0. The third-order valence-electron chi connectivity index (χ3n) is 8.19. The van der Waals surface area contributed by atoms with Gasteiger partial charge in [0.1, 0.15) is 0 Å². The summed E-state index contributed by atoms with van der Waals surface area (Å²) < 4.78 is 23.1. The molecule has 2 saturated carbocycles. The van der Waals surface area contributed by atoms with Crippen LogP contribution in [0.4, 0.5) is 0 Å². The molecule has 5 heteroatoms. The van der Waals surface area contributed by atoms with Crippen molar-refractivity contribution < 1.29 is 18.9 Å². The molecule has 0 bridgehead atoms. The third-order valence-corrected chi connectivity index (χ3v) is 8.19. The molecule has 0 aromatic heterocycles. The SMILES string of the molecule is COC1CC2CC3C4CC(OC)C(OC)CC4CCN3CC2CC1OC. The first-order valence-corrected chi connectivity index (χ1v) is 10.5. The first-order chi connectivity index (χ1) is 12.7. The van der Waals surface area contributed by atoms with Crippen molar-refractivity contribution in [1.82, 2.24) is 4.90 Å². The minimum atomic E-state index is 0.259. The maximum Gasteiger partial charge on any atom is 0.0836 e. The lowest BCUT2D eigenvalue weighted by Gasteiger charge is -2.57. The molecule has 0 amide bonds. The fourth-order valence-electron chi connectivity index (χ4n) is 6.76. The summed E-state index contributed by atoms with van der Waals surface area (Å²) in [6, 6.07) is 0.724. The molecule has 4 fully saturated rings. The van der Waals surface area contributed by atoms with Crippen LogP contribution in [0.3, 0.4) is 0 Å². The van der Waals surface area contributed by atoms with Gasteiger partial charge in [0.2, 0.25) is 0 Å². The van der Waals surface area contributed by atoms with Gasteiger partial charge in [0.15, 0.2) is 0 Å². The van der Waals surface area contributed by atoms with Crippen molar-refractivity contribution in [3.63, 3.8) is 0 Å². The van der Waals surface area contributed by atoms with E-state index < -0.39 is 0 Å². The van der Waals surface area contributed by atoms with Gasteiger partial charge in [-0.3, -0.25) is 4.90 Å². The number of fused-ring (bicyclic) bond motifs is 4. The van der Waals surface area contributed by atoms with E-state index in [-0.39, 0.29) is 24.4 Å². The third kappa shape index (κ3) is 3.35. The summed E-state index contributed by atoms with van der Waals surface area (Å²) >= 11 is 0. The van der Waals surface area contributed by atoms with E-state index in [0.29, 0.717) is 0 Å². The highest BCUT2D eigenvalue weighted by Crippen LogP contribution is 2.49. The van der Waals surface area contributed by atoms with E-state index in [1.54, 1.807) is 0 Å². The Morgan fingerprint density at radius 3 is 1.77 bits per heavy atom. The Hall–Kier alpha value is -0.200. The second kappa shape index (κ2) is 8.04. The van der Waals surface area contributed by atoms with Crippen molar-refractivity contribution in [2.75, 3.05) is 41.5 Å². The van der Waals surface area contributed by atoms with Crippen LogP contribution in [-0.2, 0) is 18.9 Å². The van der Waals surface area contributed by atoms with Crippen LogP contribution in [0.25, 0.3) is 0 Å². The topological polar surface area (TPSA) is 40.2 Å². The lowest BCUT2D eigenvalue weighted by Crippen LogP contribution is -2.60.